The van der Waals surface area contributed by atoms with Crippen molar-refractivity contribution in [3.8, 4) is 0 Å². The lowest BCUT2D eigenvalue weighted by Gasteiger charge is -2.04. The Balaban J connectivity index is 2.36. The van der Waals surface area contributed by atoms with E-state index in [1.807, 2.05) is 19.2 Å². The van der Waals surface area contributed by atoms with Crippen LogP contribution >= 0.6 is 11.3 Å². The number of nitro groups is 1. The maximum Gasteiger partial charge on any atom is 0.336 e. The zero-order chi connectivity index (χ0) is 14.9. The standard InChI is InChI=1S/C13H15N3O3S/c1-8(2)12-14-10(7-20-12)6-15-5-4-9(3)11(13(15)17)16(18)19/h4-5,7-8H,6H2,1-3H3. The van der Waals surface area contributed by atoms with Crippen LogP contribution in [0.25, 0.3) is 0 Å². The molecular weight excluding hydrogens is 278 g/mol. The van der Waals surface area contributed by atoms with Crippen LogP contribution in [0.2, 0.25) is 0 Å². The number of hydrogen-bond acceptors (Lipinski definition) is 5. The van der Waals surface area contributed by atoms with Crippen molar-refractivity contribution in [3.05, 3.63) is 54.4 Å². The molecule has 2 rings (SSSR count). The molecule has 0 aliphatic rings. The molecule has 0 amide bonds. The highest BCUT2D eigenvalue weighted by Gasteiger charge is 2.18. The van der Waals surface area contributed by atoms with Gasteiger partial charge in [-0.3, -0.25) is 14.9 Å². The van der Waals surface area contributed by atoms with Crippen molar-refractivity contribution in [1.82, 2.24) is 9.55 Å². The second-order valence-corrected chi connectivity index (χ2v) is 5.76. The van der Waals surface area contributed by atoms with Crippen molar-refractivity contribution >= 4 is 17.0 Å². The minimum absolute atomic E-state index is 0.253. The van der Waals surface area contributed by atoms with E-state index in [9.17, 15) is 14.9 Å². The Morgan fingerprint density at radius 3 is 2.75 bits per heavy atom. The largest absolute Gasteiger partial charge is 0.336 e. The van der Waals surface area contributed by atoms with E-state index in [-0.39, 0.29) is 12.2 Å². The van der Waals surface area contributed by atoms with Gasteiger partial charge in [0.15, 0.2) is 0 Å². The van der Waals surface area contributed by atoms with Gasteiger partial charge in [0, 0.05) is 23.1 Å². The van der Waals surface area contributed by atoms with Gasteiger partial charge in [-0.1, -0.05) is 13.8 Å². The van der Waals surface area contributed by atoms with Gasteiger partial charge in [0.1, 0.15) is 0 Å². The van der Waals surface area contributed by atoms with Crippen LogP contribution in [-0.4, -0.2) is 14.5 Å². The lowest BCUT2D eigenvalue weighted by Crippen LogP contribution is -2.23. The molecule has 0 unspecified atom stereocenters. The highest BCUT2D eigenvalue weighted by molar-refractivity contribution is 7.09. The van der Waals surface area contributed by atoms with Crippen LogP contribution in [0.1, 0.15) is 36.0 Å². The Bertz CT molecular complexity index is 703. The summed E-state index contributed by atoms with van der Waals surface area (Å²) in [4.78, 5) is 26.8. The van der Waals surface area contributed by atoms with Gasteiger partial charge in [0.05, 0.1) is 22.2 Å². The fraction of sp³-hybridized carbons (Fsp3) is 0.385. The molecule has 0 saturated carbocycles. The Hall–Kier alpha value is -2.02. The van der Waals surface area contributed by atoms with Crippen LogP contribution < -0.4 is 5.56 Å². The predicted octanol–water partition coefficient (Wildman–Crippen LogP) is 2.69. The lowest BCUT2D eigenvalue weighted by atomic mass is 10.2. The maximum absolute atomic E-state index is 12.1. The molecule has 2 heterocycles. The molecule has 0 aliphatic heterocycles. The Kier molecular flexibility index (Phi) is 3.99. The molecule has 0 aromatic carbocycles. The van der Waals surface area contributed by atoms with Crippen LogP contribution in [0, 0.1) is 17.0 Å². The van der Waals surface area contributed by atoms with E-state index < -0.39 is 10.5 Å². The van der Waals surface area contributed by atoms with E-state index in [4.69, 9.17) is 0 Å². The summed E-state index contributed by atoms with van der Waals surface area (Å²) in [6.07, 6.45) is 1.57. The summed E-state index contributed by atoms with van der Waals surface area (Å²) in [6, 6.07) is 1.58. The van der Waals surface area contributed by atoms with Crippen LogP contribution in [0.15, 0.2) is 22.4 Å². The first-order valence-electron chi connectivity index (χ1n) is 6.19. The summed E-state index contributed by atoms with van der Waals surface area (Å²) in [6.45, 7) is 5.91. The zero-order valence-electron chi connectivity index (χ0n) is 11.5. The number of hydrogen-bond donors (Lipinski definition) is 0. The van der Waals surface area contributed by atoms with E-state index in [1.165, 1.54) is 15.9 Å². The molecule has 2 aromatic heterocycles. The number of pyridine rings is 1. The van der Waals surface area contributed by atoms with Gasteiger partial charge in [-0.25, -0.2) is 4.98 Å². The molecule has 0 atom stereocenters. The Morgan fingerprint density at radius 1 is 1.50 bits per heavy atom. The van der Waals surface area contributed by atoms with Gasteiger partial charge in [0.2, 0.25) is 0 Å². The Labute approximate surface area is 119 Å². The van der Waals surface area contributed by atoms with Gasteiger partial charge in [-0.05, 0) is 13.0 Å². The van der Waals surface area contributed by atoms with Gasteiger partial charge in [0.25, 0.3) is 0 Å². The number of rotatable bonds is 4. The van der Waals surface area contributed by atoms with E-state index >= 15 is 0 Å². The monoisotopic (exact) mass is 293 g/mol. The minimum Gasteiger partial charge on any atom is -0.304 e. The minimum atomic E-state index is -0.630. The third-order valence-corrected chi connectivity index (χ3v) is 4.11. The first kappa shape index (κ1) is 14.4. The smallest absolute Gasteiger partial charge is 0.304 e. The van der Waals surface area contributed by atoms with Crippen molar-refractivity contribution in [2.24, 2.45) is 0 Å². The third kappa shape index (κ3) is 2.77. The van der Waals surface area contributed by atoms with E-state index in [1.54, 1.807) is 19.2 Å². The molecule has 6 nitrogen and oxygen atoms in total. The molecule has 7 heteroatoms. The van der Waals surface area contributed by atoms with Crippen LogP contribution in [0.5, 0.6) is 0 Å². The van der Waals surface area contributed by atoms with Gasteiger partial charge in [-0.15, -0.1) is 11.3 Å². The van der Waals surface area contributed by atoms with E-state index in [0.717, 1.165) is 10.7 Å². The average molecular weight is 293 g/mol. The quantitative estimate of drug-likeness (QED) is 0.641. The first-order valence-corrected chi connectivity index (χ1v) is 7.07. The molecule has 0 fully saturated rings. The van der Waals surface area contributed by atoms with E-state index in [0.29, 0.717) is 11.5 Å². The molecule has 2 aromatic rings. The average Bonchev–Trinajstić information content (AvgIpc) is 2.81. The number of aromatic nitrogens is 2. The van der Waals surface area contributed by atoms with Gasteiger partial charge in [-0.2, -0.15) is 0 Å². The fourth-order valence-electron chi connectivity index (χ4n) is 1.83. The zero-order valence-corrected chi connectivity index (χ0v) is 12.3. The SMILES string of the molecule is Cc1ccn(Cc2csc(C(C)C)n2)c(=O)c1[N+](=O)[O-]. The number of aryl methyl sites for hydroxylation is 1. The van der Waals surface area contributed by atoms with Crippen LogP contribution in [0.3, 0.4) is 0 Å². The molecular formula is C13H15N3O3S. The molecule has 0 aliphatic carbocycles. The van der Waals surface area contributed by atoms with Crippen molar-refractivity contribution < 1.29 is 4.92 Å². The van der Waals surface area contributed by atoms with Crippen LogP contribution in [-0.2, 0) is 6.54 Å². The van der Waals surface area contributed by atoms with Crippen molar-refractivity contribution in [3.63, 3.8) is 0 Å². The fourth-order valence-corrected chi connectivity index (χ4v) is 2.66. The van der Waals surface area contributed by atoms with Crippen molar-refractivity contribution in [2.75, 3.05) is 0 Å². The van der Waals surface area contributed by atoms with Crippen molar-refractivity contribution in [1.29, 1.82) is 0 Å². The molecule has 0 N–H and O–H groups in total. The van der Waals surface area contributed by atoms with Crippen molar-refractivity contribution in [2.45, 2.75) is 33.2 Å². The predicted molar refractivity (Wildman–Crippen MR) is 77.4 cm³/mol. The second-order valence-electron chi connectivity index (χ2n) is 4.87. The Morgan fingerprint density at radius 2 is 2.20 bits per heavy atom. The number of nitrogens with zero attached hydrogens (tertiary/aromatic N) is 3. The highest BCUT2D eigenvalue weighted by Crippen LogP contribution is 2.19. The van der Waals surface area contributed by atoms with E-state index in [2.05, 4.69) is 4.98 Å². The van der Waals surface area contributed by atoms with Crippen LogP contribution in [0.4, 0.5) is 5.69 Å². The second kappa shape index (κ2) is 5.54. The normalized spacial score (nSPS) is 11.0. The first-order chi connectivity index (χ1) is 9.40. The molecule has 0 radical (unpaired) electrons. The highest BCUT2D eigenvalue weighted by atomic mass is 32.1. The molecule has 0 saturated heterocycles. The summed E-state index contributed by atoms with van der Waals surface area (Å²) in [5.41, 5.74) is 0.164. The summed E-state index contributed by atoms with van der Waals surface area (Å²) in [5, 5.41) is 13.8. The summed E-state index contributed by atoms with van der Waals surface area (Å²) in [5.74, 6) is 0.331. The molecule has 0 bridgehead atoms. The van der Waals surface area contributed by atoms with Gasteiger partial charge >= 0.3 is 11.2 Å². The number of thiazole rings is 1. The summed E-state index contributed by atoms with van der Waals surface area (Å²) in [7, 11) is 0. The lowest BCUT2D eigenvalue weighted by molar-refractivity contribution is -0.387. The molecule has 20 heavy (non-hydrogen) atoms. The topological polar surface area (TPSA) is 78.0 Å². The molecule has 0 spiro atoms. The van der Waals surface area contributed by atoms with Gasteiger partial charge < -0.3 is 4.57 Å². The molecule has 106 valence electrons. The third-order valence-electron chi connectivity index (χ3n) is 2.92. The maximum atomic E-state index is 12.1. The summed E-state index contributed by atoms with van der Waals surface area (Å²) >= 11 is 1.54. The summed E-state index contributed by atoms with van der Waals surface area (Å²) < 4.78 is 1.32.